The van der Waals surface area contributed by atoms with Crippen LogP contribution in [0.1, 0.15) is 29.3 Å². The molecule has 0 saturated carbocycles. The summed E-state index contributed by atoms with van der Waals surface area (Å²) in [5.41, 5.74) is 4.80. The van der Waals surface area contributed by atoms with E-state index in [0.717, 1.165) is 16.7 Å². The molecule has 0 spiro atoms. The first-order valence-electron chi connectivity index (χ1n) is 11.8. The molecule has 0 aliphatic rings. The van der Waals surface area contributed by atoms with Crippen LogP contribution in [0.5, 0.6) is 0 Å². The highest BCUT2D eigenvalue weighted by Gasteiger charge is 2.26. The van der Waals surface area contributed by atoms with Gasteiger partial charge in [-0.25, -0.2) is 4.98 Å². The summed E-state index contributed by atoms with van der Waals surface area (Å²) in [5.74, 6) is -1.57. The Hall–Kier alpha value is -3.68. The number of nitrogens with one attached hydrogen (secondary N) is 2. The predicted octanol–water partition coefficient (Wildman–Crippen LogP) is 4.79. The molecular weight excluding hydrogens is 478 g/mol. The lowest BCUT2D eigenvalue weighted by Gasteiger charge is -2.23. The van der Waals surface area contributed by atoms with E-state index in [2.05, 4.69) is 15.3 Å². The summed E-state index contributed by atoms with van der Waals surface area (Å²) < 4.78 is 5.12. The minimum Gasteiger partial charge on any atom is -0.466 e. The highest BCUT2D eigenvalue weighted by Crippen LogP contribution is 2.24. The van der Waals surface area contributed by atoms with Gasteiger partial charge >= 0.3 is 5.97 Å². The second kappa shape index (κ2) is 11.8. The molecule has 4 rings (SSSR count). The Bertz CT molecular complexity index is 1320. The SMILES string of the molecule is CCOC(=O)[C@@H](CO)CC(Cc1ccc(-c2ccccc2)cc1)NC(=O)c1cc(Cl)c2nc[nH]c2c1. The molecule has 0 fully saturated rings. The second-order valence-corrected chi connectivity index (χ2v) is 8.97. The lowest BCUT2D eigenvalue weighted by atomic mass is 9.94. The third-order valence-electron chi connectivity index (χ3n) is 6.03. The van der Waals surface area contributed by atoms with Gasteiger partial charge in [0.25, 0.3) is 5.91 Å². The zero-order chi connectivity index (χ0) is 25.5. The van der Waals surface area contributed by atoms with Gasteiger partial charge in [-0.1, -0.05) is 66.2 Å². The van der Waals surface area contributed by atoms with Crippen molar-refractivity contribution in [3.05, 3.63) is 89.2 Å². The average molecular weight is 506 g/mol. The zero-order valence-electron chi connectivity index (χ0n) is 19.9. The number of benzene rings is 3. The number of carbonyl (C=O) groups excluding carboxylic acids is 2. The van der Waals surface area contributed by atoms with Gasteiger partial charge in [-0.3, -0.25) is 9.59 Å². The first-order valence-corrected chi connectivity index (χ1v) is 12.2. The number of hydrogen-bond acceptors (Lipinski definition) is 5. The Morgan fingerprint density at radius 2 is 1.81 bits per heavy atom. The van der Waals surface area contributed by atoms with Gasteiger partial charge in [0.1, 0.15) is 5.52 Å². The van der Waals surface area contributed by atoms with E-state index in [-0.39, 0.29) is 25.5 Å². The van der Waals surface area contributed by atoms with E-state index in [1.165, 1.54) is 6.33 Å². The Morgan fingerprint density at radius 1 is 1.08 bits per heavy atom. The van der Waals surface area contributed by atoms with Crippen LogP contribution in [0.15, 0.2) is 73.1 Å². The van der Waals surface area contributed by atoms with Crippen molar-refractivity contribution >= 4 is 34.5 Å². The van der Waals surface area contributed by atoms with E-state index < -0.39 is 17.9 Å². The summed E-state index contributed by atoms with van der Waals surface area (Å²) in [6, 6.07) is 21.0. The maximum absolute atomic E-state index is 13.2. The van der Waals surface area contributed by atoms with Gasteiger partial charge in [-0.05, 0) is 48.6 Å². The number of H-pyrrole nitrogens is 1. The lowest BCUT2D eigenvalue weighted by Crippen LogP contribution is -2.40. The molecule has 3 N–H and O–H groups in total. The molecule has 3 aromatic carbocycles. The van der Waals surface area contributed by atoms with E-state index in [9.17, 15) is 14.7 Å². The van der Waals surface area contributed by atoms with Crippen molar-refractivity contribution in [3.8, 4) is 11.1 Å². The van der Waals surface area contributed by atoms with Crippen molar-refractivity contribution in [3.63, 3.8) is 0 Å². The van der Waals surface area contributed by atoms with Crippen LogP contribution >= 0.6 is 11.6 Å². The van der Waals surface area contributed by atoms with Crippen LogP contribution in [-0.2, 0) is 16.0 Å². The Balaban J connectivity index is 1.55. The van der Waals surface area contributed by atoms with Crippen molar-refractivity contribution in [2.24, 2.45) is 5.92 Å². The monoisotopic (exact) mass is 505 g/mol. The molecule has 4 aromatic rings. The highest BCUT2D eigenvalue weighted by atomic mass is 35.5. The number of esters is 1. The molecule has 8 heteroatoms. The smallest absolute Gasteiger partial charge is 0.311 e. The number of carbonyl (C=O) groups is 2. The quantitative estimate of drug-likeness (QED) is 0.269. The number of fused-ring (bicyclic) bond motifs is 1. The zero-order valence-corrected chi connectivity index (χ0v) is 20.7. The molecule has 0 saturated heterocycles. The molecule has 1 aromatic heterocycles. The third-order valence-corrected chi connectivity index (χ3v) is 6.32. The van der Waals surface area contributed by atoms with Crippen molar-refractivity contribution < 1.29 is 19.4 Å². The Kier molecular flexibility index (Phi) is 8.36. The summed E-state index contributed by atoms with van der Waals surface area (Å²) in [6.45, 7) is 1.56. The molecule has 0 aliphatic heterocycles. The fraction of sp³-hybridized carbons (Fsp3) is 0.250. The van der Waals surface area contributed by atoms with Crippen LogP contribution in [0.3, 0.4) is 0 Å². The van der Waals surface area contributed by atoms with Gasteiger partial charge in [-0.2, -0.15) is 0 Å². The number of amides is 1. The normalized spacial score (nSPS) is 12.8. The topological polar surface area (TPSA) is 104 Å². The molecule has 1 amide bonds. The maximum Gasteiger partial charge on any atom is 0.311 e. The summed E-state index contributed by atoms with van der Waals surface area (Å²) in [7, 11) is 0. The Labute approximate surface area is 214 Å². The average Bonchev–Trinajstić information content (AvgIpc) is 3.38. The van der Waals surface area contributed by atoms with Crippen LogP contribution in [0.2, 0.25) is 5.02 Å². The molecule has 0 bridgehead atoms. The number of imidazole rings is 1. The van der Waals surface area contributed by atoms with Gasteiger partial charge < -0.3 is 20.1 Å². The van der Waals surface area contributed by atoms with E-state index in [0.29, 0.717) is 28.0 Å². The fourth-order valence-electron chi connectivity index (χ4n) is 4.20. The van der Waals surface area contributed by atoms with Crippen LogP contribution in [0.4, 0.5) is 0 Å². The Morgan fingerprint density at radius 3 is 2.50 bits per heavy atom. The molecule has 1 heterocycles. The number of ether oxygens (including phenoxy) is 1. The molecule has 7 nitrogen and oxygen atoms in total. The summed E-state index contributed by atoms with van der Waals surface area (Å²) in [4.78, 5) is 32.7. The number of hydrogen-bond donors (Lipinski definition) is 3. The molecule has 0 aliphatic carbocycles. The number of aliphatic hydroxyl groups excluding tert-OH is 1. The van der Waals surface area contributed by atoms with Crippen LogP contribution in [0, 0.1) is 5.92 Å². The number of aromatic nitrogens is 2. The fourth-order valence-corrected chi connectivity index (χ4v) is 4.47. The van der Waals surface area contributed by atoms with E-state index in [1.54, 1.807) is 19.1 Å². The summed E-state index contributed by atoms with van der Waals surface area (Å²) >= 11 is 6.31. The van der Waals surface area contributed by atoms with Gasteiger partial charge in [0.2, 0.25) is 0 Å². The number of halogens is 1. The summed E-state index contributed by atoms with van der Waals surface area (Å²) in [5, 5.41) is 13.2. The first-order chi connectivity index (χ1) is 17.5. The van der Waals surface area contributed by atoms with Crippen LogP contribution < -0.4 is 5.32 Å². The van der Waals surface area contributed by atoms with Gasteiger partial charge in [0.05, 0.1) is 36.0 Å². The molecule has 2 atom stereocenters. The van der Waals surface area contributed by atoms with E-state index >= 15 is 0 Å². The number of aromatic amines is 1. The predicted molar refractivity (Wildman–Crippen MR) is 140 cm³/mol. The molecule has 36 heavy (non-hydrogen) atoms. The lowest BCUT2D eigenvalue weighted by molar-refractivity contribution is -0.149. The van der Waals surface area contributed by atoms with Crippen molar-refractivity contribution in [2.75, 3.05) is 13.2 Å². The van der Waals surface area contributed by atoms with E-state index in [4.69, 9.17) is 16.3 Å². The van der Waals surface area contributed by atoms with Crippen molar-refractivity contribution in [2.45, 2.75) is 25.8 Å². The maximum atomic E-state index is 13.2. The molecular formula is C28H28ClN3O4. The molecule has 0 radical (unpaired) electrons. The third kappa shape index (κ3) is 6.11. The molecule has 1 unspecified atom stereocenters. The number of aliphatic hydroxyl groups is 1. The van der Waals surface area contributed by atoms with Crippen LogP contribution in [-0.4, -0.2) is 46.2 Å². The largest absolute Gasteiger partial charge is 0.466 e. The minimum atomic E-state index is -0.752. The van der Waals surface area contributed by atoms with Crippen molar-refractivity contribution in [1.29, 1.82) is 0 Å². The van der Waals surface area contributed by atoms with Crippen molar-refractivity contribution in [1.82, 2.24) is 15.3 Å². The standard InChI is InChI=1S/C28H28ClN3O4/c1-2-36-28(35)22(16-33)13-23(12-18-8-10-20(11-9-18)19-6-4-3-5-7-19)32-27(34)21-14-24(29)26-25(15-21)30-17-31-26/h3-11,14-15,17,22-23,33H,2,12-13,16H2,1H3,(H,30,31)(H,32,34)/t22-,23?/m1/s1. The van der Waals surface area contributed by atoms with Gasteiger partial charge in [-0.15, -0.1) is 0 Å². The molecule has 186 valence electrons. The van der Waals surface area contributed by atoms with E-state index in [1.807, 2.05) is 54.6 Å². The van der Waals surface area contributed by atoms with Gasteiger partial charge in [0.15, 0.2) is 0 Å². The second-order valence-electron chi connectivity index (χ2n) is 8.56. The summed E-state index contributed by atoms with van der Waals surface area (Å²) in [6.07, 6.45) is 2.21. The number of rotatable bonds is 10. The number of nitrogens with zero attached hydrogens (tertiary/aromatic N) is 1. The highest BCUT2D eigenvalue weighted by molar-refractivity contribution is 6.35. The van der Waals surface area contributed by atoms with Gasteiger partial charge in [0, 0.05) is 11.6 Å². The first kappa shape index (κ1) is 25.4. The minimum absolute atomic E-state index is 0.218. The van der Waals surface area contributed by atoms with Crippen LogP contribution in [0.25, 0.3) is 22.2 Å².